The van der Waals surface area contributed by atoms with Crippen molar-refractivity contribution in [3.63, 3.8) is 0 Å². The van der Waals surface area contributed by atoms with Crippen LogP contribution in [0.5, 0.6) is 0 Å². The monoisotopic (exact) mass is 538 g/mol. The number of halogens is 4. The number of carboxylic acid groups (broad SMARTS) is 1. The maximum Gasteiger partial charge on any atom is 0.490 e. The first kappa shape index (κ1) is 28.6. The van der Waals surface area contributed by atoms with Gasteiger partial charge in [-0.25, -0.2) is 9.18 Å². The molecule has 2 aliphatic rings. The Kier molecular flexibility index (Phi) is 8.71. The molecule has 4 N–H and O–H groups in total. The minimum Gasteiger partial charge on any atom is -0.475 e. The lowest BCUT2D eigenvalue weighted by Gasteiger charge is -2.25. The van der Waals surface area contributed by atoms with Crippen LogP contribution >= 0.6 is 0 Å². The van der Waals surface area contributed by atoms with E-state index in [-0.39, 0.29) is 17.6 Å². The van der Waals surface area contributed by atoms with Crippen molar-refractivity contribution in [2.75, 3.05) is 31.5 Å². The number of anilines is 1. The molecular formula is C25H26F4N4O5. The van der Waals surface area contributed by atoms with Crippen LogP contribution in [0, 0.1) is 19.7 Å². The number of alkyl halides is 3. The van der Waals surface area contributed by atoms with Crippen molar-refractivity contribution in [3.8, 4) is 0 Å². The van der Waals surface area contributed by atoms with E-state index in [1.54, 1.807) is 13.0 Å². The molecule has 38 heavy (non-hydrogen) atoms. The summed E-state index contributed by atoms with van der Waals surface area (Å²) in [7, 11) is 0. The molecule has 0 bridgehead atoms. The third kappa shape index (κ3) is 6.85. The summed E-state index contributed by atoms with van der Waals surface area (Å²) in [5.74, 6) is -3.45. The number of piperidine rings is 1. The van der Waals surface area contributed by atoms with Crippen LogP contribution in [0.1, 0.15) is 45.7 Å². The molecule has 2 aromatic rings. The van der Waals surface area contributed by atoms with Gasteiger partial charge >= 0.3 is 12.1 Å². The predicted molar refractivity (Wildman–Crippen MR) is 130 cm³/mol. The number of carboxylic acids is 1. The Bertz CT molecular complexity index is 1300. The first-order valence-corrected chi connectivity index (χ1v) is 11.6. The summed E-state index contributed by atoms with van der Waals surface area (Å²) in [6.07, 6.45) is -1.93. The van der Waals surface area contributed by atoms with Crippen molar-refractivity contribution in [1.82, 2.24) is 15.2 Å². The maximum absolute atomic E-state index is 13.7. The van der Waals surface area contributed by atoms with Crippen LogP contribution in [0.15, 0.2) is 18.2 Å². The molecule has 0 unspecified atom stereocenters. The average molecular weight is 538 g/mol. The van der Waals surface area contributed by atoms with Crippen molar-refractivity contribution in [1.29, 1.82) is 0 Å². The summed E-state index contributed by atoms with van der Waals surface area (Å²) >= 11 is 0. The first-order valence-electron chi connectivity index (χ1n) is 11.6. The third-order valence-corrected chi connectivity index (χ3v) is 6.04. The summed E-state index contributed by atoms with van der Waals surface area (Å²) in [6.45, 7) is 6.00. The van der Waals surface area contributed by atoms with Crippen LogP contribution in [0.3, 0.4) is 0 Å². The molecule has 1 saturated heterocycles. The van der Waals surface area contributed by atoms with Gasteiger partial charge in [0.05, 0.1) is 17.7 Å². The number of carbonyl (C=O) groups is 4. The summed E-state index contributed by atoms with van der Waals surface area (Å²) in [6, 6.07) is 4.16. The zero-order valence-electron chi connectivity index (χ0n) is 20.6. The molecular weight excluding hydrogens is 512 g/mol. The summed E-state index contributed by atoms with van der Waals surface area (Å²) in [5, 5.41) is 12.8. The number of aliphatic carboxylic acids is 1. The Balaban J connectivity index is 0.000000505. The van der Waals surface area contributed by atoms with Gasteiger partial charge in [-0.3, -0.25) is 19.3 Å². The molecule has 204 valence electrons. The number of rotatable bonds is 5. The number of nitrogens with zero attached hydrogens (tertiary/aromatic N) is 1. The van der Waals surface area contributed by atoms with E-state index in [0.29, 0.717) is 65.4 Å². The van der Waals surface area contributed by atoms with Crippen LogP contribution in [-0.2, 0) is 14.4 Å². The Morgan fingerprint density at radius 2 is 1.89 bits per heavy atom. The van der Waals surface area contributed by atoms with Gasteiger partial charge in [0.15, 0.2) is 0 Å². The predicted octanol–water partition coefficient (Wildman–Crippen LogP) is 3.29. The smallest absolute Gasteiger partial charge is 0.475 e. The molecule has 0 saturated carbocycles. The average Bonchev–Trinajstić information content (AvgIpc) is 3.28. The van der Waals surface area contributed by atoms with Crippen LogP contribution in [0.4, 0.5) is 23.2 Å². The third-order valence-electron chi connectivity index (χ3n) is 6.04. The van der Waals surface area contributed by atoms with E-state index in [1.807, 2.05) is 11.8 Å². The van der Waals surface area contributed by atoms with Crippen molar-refractivity contribution in [3.05, 3.63) is 52.1 Å². The van der Waals surface area contributed by atoms with Gasteiger partial charge < -0.3 is 20.7 Å². The van der Waals surface area contributed by atoms with Gasteiger partial charge in [0, 0.05) is 42.1 Å². The molecule has 9 nitrogen and oxygen atoms in total. The molecule has 0 atom stereocenters. The van der Waals surface area contributed by atoms with Gasteiger partial charge in [0.1, 0.15) is 11.6 Å². The van der Waals surface area contributed by atoms with E-state index < -0.39 is 18.0 Å². The van der Waals surface area contributed by atoms with Gasteiger partial charge in [0.2, 0.25) is 0 Å². The number of hydrogen-bond donors (Lipinski definition) is 4. The Morgan fingerprint density at radius 3 is 2.53 bits per heavy atom. The van der Waals surface area contributed by atoms with Crippen LogP contribution in [0.25, 0.3) is 11.6 Å². The number of carbonyl (C=O) groups excluding carboxylic acids is 3. The van der Waals surface area contributed by atoms with Crippen LogP contribution < -0.4 is 10.6 Å². The fraction of sp³-hybridized carbons (Fsp3) is 0.360. The van der Waals surface area contributed by atoms with Gasteiger partial charge in [-0.2, -0.15) is 13.2 Å². The fourth-order valence-electron chi connectivity index (χ4n) is 4.22. The number of fused-ring (bicyclic) bond motifs is 1. The van der Waals surface area contributed by atoms with Crippen molar-refractivity contribution in [2.45, 2.75) is 32.9 Å². The summed E-state index contributed by atoms with van der Waals surface area (Å²) in [5.41, 5.74) is 3.97. The lowest BCUT2D eigenvalue weighted by atomic mass is 10.0. The lowest BCUT2D eigenvalue weighted by Crippen LogP contribution is -2.41. The Morgan fingerprint density at radius 1 is 1.21 bits per heavy atom. The number of Topliss-reactive ketones (excluding diaryl/α,β-unsaturated/α-hetero) is 1. The highest BCUT2D eigenvalue weighted by molar-refractivity contribution is 6.34. The second-order valence-electron chi connectivity index (χ2n) is 8.84. The number of H-pyrrole nitrogens is 1. The van der Waals surface area contributed by atoms with Crippen molar-refractivity contribution < 1.29 is 41.8 Å². The van der Waals surface area contributed by atoms with Gasteiger partial charge in [0.25, 0.3) is 11.8 Å². The van der Waals surface area contributed by atoms with Crippen LogP contribution in [0.2, 0.25) is 0 Å². The normalized spacial score (nSPS) is 16.5. The molecule has 0 radical (unpaired) electrons. The molecule has 0 aliphatic carbocycles. The van der Waals surface area contributed by atoms with E-state index in [9.17, 15) is 31.9 Å². The first-order chi connectivity index (χ1) is 17.8. The Hall–Kier alpha value is -4.00. The molecule has 13 heteroatoms. The standard InChI is InChI=1S/C23H25FN4O3.C2HF3O2/c1-13-20(11-18-17-10-15(24)5-6-19(17)27-22(18)30)26-14(2)21(13)23(31)25-7-9-28-8-3-4-16(29)12-28;3-2(4,5)1(6)7/h5-6,10-11,26H,3-4,7-9,12H2,1-2H3,(H,25,31)(H,27,30);(H,6,7)/b18-11-;. The van der Waals surface area contributed by atoms with Gasteiger partial charge in [-0.15, -0.1) is 0 Å². The maximum atomic E-state index is 13.7. The zero-order valence-corrected chi connectivity index (χ0v) is 20.6. The number of amides is 2. The topological polar surface area (TPSA) is 132 Å². The quantitative estimate of drug-likeness (QED) is 0.341. The number of likely N-dealkylation sites (tertiary alicyclic amines) is 1. The number of nitrogens with one attached hydrogen (secondary N) is 3. The second-order valence-corrected chi connectivity index (χ2v) is 8.84. The van der Waals surface area contributed by atoms with E-state index in [4.69, 9.17) is 9.90 Å². The molecule has 1 aromatic carbocycles. The molecule has 2 amide bonds. The van der Waals surface area contributed by atoms with Crippen molar-refractivity contribution in [2.24, 2.45) is 0 Å². The van der Waals surface area contributed by atoms with E-state index in [0.717, 1.165) is 13.0 Å². The number of ketones is 1. The molecule has 4 rings (SSSR count). The fourth-order valence-corrected chi connectivity index (χ4v) is 4.22. The summed E-state index contributed by atoms with van der Waals surface area (Å²) in [4.78, 5) is 50.8. The number of aromatic nitrogens is 1. The highest BCUT2D eigenvalue weighted by Crippen LogP contribution is 2.34. The van der Waals surface area contributed by atoms with E-state index >= 15 is 0 Å². The largest absolute Gasteiger partial charge is 0.490 e. The summed E-state index contributed by atoms with van der Waals surface area (Å²) < 4.78 is 45.4. The lowest BCUT2D eigenvalue weighted by molar-refractivity contribution is -0.192. The minimum atomic E-state index is -5.08. The van der Waals surface area contributed by atoms with Gasteiger partial charge in [-0.1, -0.05) is 0 Å². The molecule has 0 spiro atoms. The van der Waals surface area contributed by atoms with E-state index in [1.165, 1.54) is 18.2 Å². The molecule has 1 fully saturated rings. The second kappa shape index (κ2) is 11.6. The minimum absolute atomic E-state index is 0.207. The highest BCUT2D eigenvalue weighted by atomic mass is 19.4. The zero-order chi connectivity index (χ0) is 28.2. The molecule has 1 aromatic heterocycles. The van der Waals surface area contributed by atoms with E-state index in [2.05, 4.69) is 15.6 Å². The Labute approximate surface area is 214 Å². The van der Waals surface area contributed by atoms with Crippen LogP contribution in [-0.4, -0.2) is 70.9 Å². The van der Waals surface area contributed by atoms with Gasteiger partial charge in [-0.05, 0) is 56.7 Å². The van der Waals surface area contributed by atoms with Crippen molar-refractivity contribution >= 4 is 40.9 Å². The number of benzene rings is 1. The SMILES string of the molecule is Cc1[nH]c(/C=C2\C(=O)Nc3ccc(F)cc32)c(C)c1C(=O)NCCN1CCCC(=O)C1.O=C(O)C(F)(F)F. The number of aryl methyl sites for hydroxylation is 1. The highest BCUT2D eigenvalue weighted by Gasteiger charge is 2.38. The number of aromatic amines is 1. The number of hydrogen-bond acceptors (Lipinski definition) is 5. The molecule has 2 aliphatic heterocycles. The molecule has 3 heterocycles.